The van der Waals surface area contributed by atoms with E-state index in [0.29, 0.717) is 34.6 Å². The normalized spacial score (nSPS) is 15.4. The number of unbranched alkanes of at least 4 members (excludes halogenated alkanes) is 1. The molecule has 1 aliphatic rings. The predicted molar refractivity (Wildman–Crippen MR) is 123 cm³/mol. The van der Waals surface area contributed by atoms with Crippen LogP contribution in [0, 0.1) is 0 Å². The van der Waals surface area contributed by atoms with Crippen molar-refractivity contribution in [3.8, 4) is 5.75 Å². The number of hydrogen-bond donors (Lipinski definition) is 1. The van der Waals surface area contributed by atoms with Crippen LogP contribution in [0.1, 0.15) is 31.3 Å². The molecule has 1 fully saturated rings. The zero-order valence-electron chi connectivity index (χ0n) is 14.9. The van der Waals surface area contributed by atoms with Crippen molar-refractivity contribution in [2.24, 2.45) is 0 Å². The standard InChI is InChI=1S/C19H17Br3N2O3S/c1-2-3-6-24-18(25)16(23-19(24)28)9-12-4-5-13(27-12)10-26-17-14(21)7-11(20)8-15(17)22/h4-5,7-9H,2-3,6,10H2,1H3,(H,23,28)/b16-9+. The molecule has 1 amide bonds. The Morgan fingerprint density at radius 2 is 1.96 bits per heavy atom. The molecule has 0 radical (unpaired) electrons. The predicted octanol–water partition coefficient (Wildman–Crippen LogP) is 6.00. The van der Waals surface area contributed by atoms with Gasteiger partial charge in [0, 0.05) is 17.1 Å². The van der Waals surface area contributed by atoms with Crippen molar-refractivity contribution >= 4 is 77.1 Å². The average molecular weight is 593 g/mol. The van der Waals surface area contributed by atoms with Crippen LogP contribution in [0.15, 0.2) is 47.8 Å². The molecule has 2 heterocycles. The first-order chi connectivity index (χ1) is 13.4. The van der Waals surface area contributed by atoms with Crippen LogP contribution in [0.5, 0.6) is 5.75 Å². The van der Waals surface area contributed by atoms with Gasteiger partial charge in [-0.3, -0.25) is 9.69 Å². The summed E-state index contributed by atoms with van der Waals surface area (Å²) in [6.45, 7) is 2.95. The van der Waals surface area contributed by atoms with Gasteiger partial charge in [0.15, 0.2) is 5.11 Å². The van der Waals surface area contributed by atoms with Crippen molar-refractivity contribution in [3.63, 3.8) is 0 Å². The zero-order valence-corrected chi connectivity index (χ0v) is 20.5. The third kappa shape index (κ3) is 5.06. The molecular formula is C19H17Br3N2O3S. The molecule has 0 unspecified atom stereocenters. The maximum absolute atomic E-state index is 12.5. The van der Waals surface area contributed by atoms with Crippen LogP contribution in [-0.2, 0) is 11.4 Å². The van der Waals surface area contributed by atoms with Crippen LogP contribution in [-0.4, -0.2) is 22.5 Å². The number of hydrogen-bond acceptors (Lipinski definition) is 4. The molecule has 0 atom stereocenters. The third-order valence-electron chi connectivity index (χ3n) is 3.99. The molecule has 148 valence electrons. The number of ether oxygens (including phenoxy) is 1. The van der Waals surface area contributed by atoms with Gasteiger partial charge in [-0.15, -0.1) is 0 Å². The Hall–Kier alpha value is -1.16. The summed E-state index contributed by atoms with van der Waals surface area (Å²) >= 11 is 15.6. The molecule has 0 aliphatic carbocycles. The number of benzene rings is 1. The molecule has 0 bridgehead atoms. The van der Waals surface area contributed by atoms with Crippen molar-refractivity contribution in [1.82, 2.24) is 10.2 Å². The van der Waals surface area contributed by atoms with Gasteiger partial charge in [-0.2, -0.15) is 0 Å². The molecule has 1 aliphatic heterocycles. The second-order valence-corrected chi connectivity index (χ2v) is 9.10. The summed E-state index contributed by atoms with van der Waals surface area (Å²) in [4.78, 5) is 14.1. The Labute approximate surface area is 193 Å². The average Bonchev–Trinajstić information content (AvgIpc) is 3.17. The van der Waals surface area contributed by atoms with Crippen LogP contribution in [0.4, 0.5) is 0 Å². The topological polar surface area (TPSA) is 54.7 Å². The number of halogens is 3. The maximum atomic E-state index is 12.5. The van der Waals surface area contributed by atoms with Crippen molar-refractivity contribution in [2.45, 2.75) is 26.4 Å². The van der Waals surface area contributed by atoms with Gasteiger partial charge in [0.25, 0.3) is 5.91 Å². The van der Waals surface area contributed by atoms with Crippen molar-refractivity contribution in [3.05, 3.63) is 54.9 Å². The molecule has 3 rings (SSSR count). The Kier molecular flexibility index (Phi) is 7.36. The van der Waals surface area contributed by atoms with Gasteiger partial charge in [0.2, 0.25) is 0 Å². The number of furan rings is 1. The molecule has 1 saturated heterocycles. The molecule has 1 N–H and O–H groups in total. The lowest BCUT2D eigenvalue weighted by molar-refractivity contribution is -0.122. The molecule has 9 heteroatoms. The van der Waals surface area contributed by atoms with Crippen molar-refractivity contribution in [1.29, 1.82) is 0 Å². The number of thiocarbonyl (C=S) groups is 1. The summed E-state index contributed by atoms with van der Waals surface area (Å²) in [6.07, 6.45) is 3.57. The van der Waals surface area contributed by atoms with E-state index in [4.69, 9.17) is 21.4 Å². The molecule has 1 aromatic heterocycles. The first-order valence-electron chi connectivity index (χ1n) is 8.59. The van der Waals surface area contributed by atoms with E-state index < -0.39 is 0 Å². The van der Waals surface area contributed by atoms with Gasteiger partial charge >= 0.3 is 0 Å². The SMILES string of the molecule is CCCCN1C(=O)/C(=C\c2ccc(COc3c(Br)cc(Br)cc3Br)o2)NC1=S. The number of rotatable bonds is 7. The van der Waals surface area contributed by atoms with Gasteiger partial charge in [-0.25, -0.2) is 0 Å². The van der Waals surface area contributed by atoms with Crippen molar-refractivity contribution < 1.29 is 13.9 Å². The minimum atomic E-state index is -0.129. The molecule has 0 spiro atoms. The second kappa shape index (κ2) is 9.56. The van der Waals surface area contributed by atoms with Gasteiger partial charge in [0.05, 0.1) is 8.95 Å². The van der Waals surface area contributed by atoms with Gasteiger partial charge in [-0.1, -0.05) is 29.3 Å². The zero-order chi connectivity index (χ0) is 20.3. The lowest BCUT2D eigenvalue weighted by Gasteiger charge is -2.12. The number of amides is 1. The van der Waals surface area contributed by atoms with Crippen LogP contribution in [0.2, 0.25) is 0 Å². The molecular weight excluding hydrogens is 576 g/mol. The minimum Gasteiger partial charge on any atom is -0.483 e. The van der Waals surface area contributed by atoms with E-state index in [2.05, 4.69) is 60.0 Å². The Morgan fingerprint density at radius 1 is 1.25 bits per heavy atom. The third-order valence-corrected chi connectivity index (χ3v) is 5.95. The molecule has 28 heavy (non-hydrogen) atoms. The monoisotopic (exact) mass is 590 g/mol. The lowest BCUT2D eigenvalue weighted by Crippen LogP contribution is -2.31. The highest BCUT2D eigenvalue weighted by molar-refractivity contribution is 9.11. The van der Waals surface area contributed by atoms with E-state index >= 15 is 0 Å². The van der Waals surface area contributed by atoms with Gasteiger partial charge < -0.3 is 14.5 Å². The smallest absolute Gasteiger partial charge is 0.276 e. The van der Waals surface area contributed by atoms with E-state index in [-0.39, 0.29) is 12.5 Å². The van der Waals surface area contributed by atoms with E-state index in [1.54, 1.807) is 17.0 Å². The fourth-order valence-corrected chi connectivity index (χ4v) is 5.36. The second-order valence-electron chi connectivity index (χ2n) is 6.09. The number of carbonyl (C=O) groups is 1. The summed E-state index contributed by atoms with van der Waals surface area (Å²) < 4.78 is 14.2. The summed E-state index contributed by atoms with van der Waals surface area (Å²) in [7, 11) is 0. The summed E-state index contributed by atoms with van der Waals surface area (Å²) in [5.74, 6) is 1.76. The largest absolute Gasteiger partial charge is 0.483 e. The quantitative estimate of drug-likeness (QED) is 0.316. The van der Waals surface area contributed by atoms with E-state index in [9.17, 15) is 4.79 Å². The van der Waals surface area contributed by atoms with Gasteiger partial charge in [0.1, 0.15) is 29.6 Å². The Bertz CT molecular complexity index is 919. The van der Waals surface area contributed by atoms with Gasteiger partial charge in [-0.05, 0) is 74.8 Å². The van der Waals surface area contributed by atoms with Crippen LogP contribution in [0.3, 0.4) is 0 Å². The van der Waals surface area contributed by atoms with E-state index in [1.807, 2.05) is 18.2 Å². The van der Waals surface area contributed by atoms with Crippen molar-refractivity contribution in [2.75, 3.05) is 6.54 Å². The Balaban J connectivity index is 1.67. The first-order valence-corrected chi connectivity index (χ1v) is 11.4. The molecule has 1 aromatic carbocycles. The minimum absolute atomic E-state index is 0.129. The molecule has 2 aromatic rings. The maximum Gasteiger partial charge on any atom is 0.276 e. The fourth-order valence-electron chi connectivity index (χ4n) is 2.59. The lowest BCUT2D eigenvalue weighted by atomic mass is 10.3. The number of carbonyl (C=O) groups excluding carboxylic acids is 1. The number of nitrogens with zero attached hydrogens (tertiary/aromatic N) is 1. The van der Waals surface area contributed by atoms with Crippen LogP contribution < -0.4 is 10.1 Å². The summed E-state index contributed by atoms with van der Waals surface area (Å²) in [5.41, 5.74) is 0.418. The highest BCUT2D eigenvalue weighted by Crippen LogP contribution is 2.37. The van der Waals surface area contributed by atoms with Crippen LogP contribution >= 0.6 is 60.0 Å². The van der Waals surface area contributed by atoms with Crippen LogP contribution in [0.25, 0.3) is 6.08 Å². The first kappa shape index (κ1) is 21.5. The van der Waals surface area contributed by atoms with E-state index in [1.165, 1.54) is 0 Å². The van der Waals surface area contributed by atoms with E-state index in [0.717, 1.165) is 26.3 Å². The fraction of sp³-hybridized carbons (Fsp3) is 0.263. The highest BCUT2D eigenvalue weighted by atomic mass is 79.9. The molecule has 0 saturated carbocycles. The highest BCUT2D eigenvalue weighted by Gasteiger charge is 2.30. The summed E-state index contributed by atoms with van der Waals surface area (Å²) in [5, 5.41) is 3.39. The Morgan fingerprint density at radius 3 is 2.64 bits per heavy atom. The molecule has 5 nitrogen and oxygen atoms in total. The number of nitrogens with one attached hydrogen (secondary N) is 1. The summed E-state index contributed by atoms with van der Waals surface area (Å²) in [6, 6.07) is 7.43.